The van der Waals surface area contributed by atoms with E-state index in [1.165, 1.54) is 42.5 Å². The van der Waals surface area contributed by atoms with E-state index in [1.807, 2.05) is 0 Å². The van der Waals surface area contributed by atoms with E-state index >= 15 is 0 Å². The summed E-state index contributed by atoms with van der Waals surface area (Å²) in [6.45, 7) is 1.63. The molecule has 0 aliphatic carbocycles. The van der Waals surface area contributed by atoms with E-state index in [1.54, 1.807) is 13.0 Å². The van der Waals surface area contributed by atoms with Crippen LogP contribution < -0.4 is 10.6 Å². The van der Waals surface area contributed by atoms with Gasteiger partial charge in [0.05, 0.1) is 15.9 Å². The first-order valence-electron chi connectivity index (χ1n) is 7.57. The Hall–Kier alpha value is -2.94. The highest BCUT2D eigenvalue weighted by Gasteiger charge is 2.16. The minimum atomic E-state index is -0.548. The van der Waals surface area contributed by atoms with Crippen molar-refractivity contribution in [1.29, 1.82) is 0 Å². The lowest BCUT2D eigenvalue weighted by molar-refractivity contribution is -0.384. The Kier molecular flexibility index (Phi) is 6.67. The summed E-state index contributed by atoms with van der Waals surface area (Å²) in [4.78, 5) is 34.2. The molecule has 2 N–H and O–H groups in total. The number of hydrogen-bond acceptors (Lipinski definition) is 5. The number of carbonyl (C=O) groups excluding carboxylic acids is 2. The van der Waals surface area contributed by atoms with E-state index in [-0.39, 0.29) is 23.3 Å². The maximum absolute atomic E-state index is 12.8. The second-order valence-electron chi connectivity index (χ2n) is 5.30. The molecule has 0 aliphatic rings. The lowest BCUT2D eigenvalue weighted by atomic mass is 10.2. The number of rotatable bonds is 7. The van der Waals surface area contributed by atoms with Crippen molar-refractivity contribution in [3.63, 3.8) is 0 Å². The molecule has 2 aromatic carbocycles. The number of halogens is 1. The zero-order valence-electron chi connectivity index (χ0n) is 13.8. The van der Waals surface area contributed by atoms with Crippen LogP contribution >= 0.6 is 11.8 Å². The monoisotopic (exact) mass is 377 g/mol. The van der Waals surface area contributed by atoms with Crippen molar-refractivity contribution >= 4 is 40.6 Å². The first kappa shape index (κ1) is 19.4. The van der Waals surface area contributed by atoms with Crippen LogP contribution in [0.2, 0.25) is 0 Å². The summed E-state index contributed by atoms with van der Waals surface area (Å²) < 4.78 is 12.8. The molecule has 26 heavy (non-hydrogen) atoms. The molecular weight excluding hydrogens is 361 g/mol. The molecule has 0 saturated carbocycles. The molecule has 1 atom stereocenters. The van der Waals surface area contributed by atoms with Gasteiger partial charge in [-0.2, -0.15) is 0 Å². The number of amides is 2. The molecule has 0 spiro atoms. The highest BCUT2D eigenvalue weighted by Crippen LogP contribution is 2.19. The average molecular weight is 377 g/mol. The third-order valence-electron chi connectivity index (χ3n) is 3.29. The van der Waals surface area contributed by atoms with Crippen molar-refractivity contribution in [2.45, 2.75) is 12.2 Å². The molecular formula is C17H16FN3O4S. The summed E-state index contributed by atoms with van der Waals surface area (Å²) in [7, 11) is 0. The minimum Gasteiger partial charge on any atom is -0.325 e. The summed E-state index contributed by atoms with van der Waals surface area (Å²) in [5.41, 5.74) is 0.653. The highest BCUT2D eigenvalue weighted by molar-refractivity contribution is 8.01. The molecule has 1 unspecified atom stereocenters. The largest absolute Gasteiger partial charge is 0.325 e. The van der Waals surface area contributed by atoms with E-state index in [0.29, 0.717) is 11.4 Å². The summed E-state index contributed by atoms with van der Waals surface area (Å²) in [5.74, 6) is -1.06. The molecule has 0 radical (unpaired) electrons. The topological polar surface area (TPSA) is 101 Å². The minimum absolute atomic E-state index is 0.0287. The number of nitro benzene ring substituents is 1. The van der Waals surface area contributed by atoms with Crippen LogP contribution in [0, 0.1) is 15.9 Å². The third-order valence-corrected chi connectivity index (χ3v) is 4.43. The second kappa shape index (κ2) is 8.95. The van der Waals surface area contributed by atoms with Gasteiger partial charge in [0.2, 0.25) is 11.8 Å². The van der Waals surface area contributed by atoms with Crippen molar-refractivity contribution in [3.8, 4) is 0 Å². The van der Waals surface area contributed by atoms with Crippen LogP contribution in [0.5, 0.6) is 0 Å². The van der Waals surface area contributed by atoms with Crippen LogP contribution in [0.25, 0.3) is 0 Å². The fourth-order valence-corrected chi connectivity index (χ4v) is 2.63. The molecule has 0 heterocycles. The van der Waals surface area contributed by atoms with Gasteiger partial charge in [0, 0.05) is 23.5 Å². The van der Waals surface area contributed by atoms with Gasteiger partial charge in [-0.05, 0) is 37.3 Å². The molecule has 0 fully saturated rings. The Labute approximate surface area is 153 Å². The average Bonchev–Trinajstić information content (AvgIpc) is 2.61. The predicted molar refractivity (Wildman–Crippen MR) is 98.7 cm³/mol. The molecule has 136 valence electrons. The molecule has 2 rings (SSSR count). The summed E-state index contributed by atoms with van der Waals surface area (Å²) in [6.07, 6.45) is 0. The second-order valence-corrected chi connectivity index (χ2v) is 6.63. The number of nitrogens with one attached hydrogen (secondary N) is 2. The molecule has 0 aromatic heterocycles. The number of carbonyl (C=O) groups is 2. The zero-order valence-corrected chi connectivity index (χ0v) is 14.6. The maximum atomic E-state index is 12.8. The van der Waals surface area contributed by atoms with Gasteiger partial charge in [-0.25, -0.2) is 4.39 Å². The van der Waals surface area contributed by atoms with Crippen molar-refractivity contribution in [1.82, 2.24) is 0 Å². The normalized spacial score (nSPS) is 11.5. The van der Waals surface area contributed by atoms with Crippen LogP contribution in [0.15, 0.2) is 48.5 Å². The van der Waals surface area contributed by atoms with E-state index in [2.05, 4.69) is 10.6 Å². The first-order valence-corrected chi connectivity index (χ1v) is 8.62. The molecule has 2 amide bonds. The van der Waals surface area contributed by atoms with Gasteiger partial charge in [-0.3, -0.25) is 19.7 Å². The molecule has 0 aliphatic heterocycles. The summed E-state index contributed by atoms with van der Waals surface area (Å²) in [5, 5.41) is 15.4. The Morgan fingerprint density at radius 1 is 1.15 bits per heavy atom. The number of benzene rings is 2. The standard InChI is InChI=1S/C17H16FN3O4S/c1-11(17(23)20-14-3-2-4-15(9-14)21(24)25)26-10-16(22)19-13-7-5-12(18)6-8-13/h2-9,11H,10H2,1H3,(H,19,22)(H,20,23). The van der Waals surface area contributed by atoms with E-state index < -0.39 is 16.0 Å². The number of nitrogens with zero attached hydrogens (tertiary/aromatic N) is 1. The van der Waals surface area contributed by atoms with Crippen LogP contribution in [0.3, 0.4) is 0 Å². The number of anilines is 2. The summed E-state index contributed by atoms with van der Waals surface area (Å²) in [6, 6.07) is 11.0. The van der Waals surface area contributed by atoms with Gasteiger partial charge in [0.1, 0.15) is 5.82 Å². The maximum Gasteiger partial charge on any atom is 0.271 e. The Morgan fingerprint density at radius 2 is 1.85 bits per heavy atom. The molecule has 0 saturated heterocycles. The van der Waals surface area contributed by atoms with Gasteiger partial charge >= 0.3 is 0 Å². The molecule has 2 aromatic rings. The predicted octanol–water partition coefficient (Wildman–Crippen LogP) is 3.43. The lowest BCUT2D eigenvalue weighted by Gasteiger charge is -2.12. The number of thioether (sulfide) groups is 1. The van der Waals surface area contributed by atoms with Crippen LogP contribution in [0.1, 0.15) is 6.92 Å². The first-order chi connectivity index (χ1) is 12.3. The van der Waals surface area contributed by atoms with Crippen LogP contribution in [-0.2, 0) is 9.59 Å². The Balaban J connectivity index is 1.83. The molecule has 7 nitrogen and oxygen atoms in total. The fourth-order valence-electron chi connectivity index (χ4n) is 1.95. The van der Waals surface area contributed by atoms with Crippen LogP contribution in [0.4, 0.5) is 21.5 Å². The molecule has 9 heteroatoms. The zero-order chi connectivity index (χ0) is 19.1. The number of non-ortho nitro benzene ring substituents is 1. The quantitative estimate of drug-likeness (QED) is 0.569. The van der Waals surface area contributed by atoms with Crippen molar-refractivity contribution in [2.24, 2.45) is 0 Å². The molecule has 0 bridgehead atoms. The van der Waals surface area contributed by atoms with E-state index in [9.17, 15) is 24.1 Å². The fraction of sp³-hybridized carbons (Fsp3) is 0.176. The van der Waals surface area contributed by atoms with Gasteiger partial charge in [-0.15, -0.1) is 11.8 Å². The van der Waals surface area contributed by atoms with E-state index in [4.69, 9.17) is 0 Å². The Bertz CT molecular complexity index is 814. The lowest BCUT2D eigenvalue weighted by Crippen LogP contribution is -2.25. The van der Waals surface area contributed by atoms with Gasteiger partial charge in [0.25, 0.3) is 5.69 Å². The van der Waals surface area contributed by atoms with Crippen molar-refractivity contribution in [3.05, 3.63) is 64.5 Å². The van der Waals surface area contributed by atoms with Gasteiger partial charge in [-0.1, -0.05) is 6.07 Å². The SMILES string of the molecule is CC(SCC(=O)Nc1ccc(F)cc1)C(=O)Nc1cccc([N+](=O)[O-])c1. The van der Waals surface area contributed by atoms with Crippen molar-refractivity contribution < 1.29 is 18.9 Å². The van der Waals surface area contributed by atoms with Crippen LogP contribution in [-0.4, -0.2) is 27.7 Å². The number of hydrogen-bond donors (Lipinski definition) is 2. The third kappa shape index (κ3) is 5.85. The van der Waals surface area contributed by atoms with Gasteiger partial charge < -0.3 is 10.6 Å². The Morgan fingerprint density at radius 3 is 2.50 bits per heavy atom. The van der Waals surface area contributed by atoms with Gasteiger partial charge in [0.15, 0.2) is 0 Å². The van der Waals surface area contributed by atoms with E-state index in [0.717, 1.165) is 11.8 Å². The highest BCUT2D eigenvalue weighted by atomic mass is 32.2. The van der Waals surface area contributed by atoms with Crippen molar-refractivity contribution in [2.75, 3.05) is 16.4 Å². The smallest absolute Gasteiger partial charge is 0.271 e. The summed E-state index contributed by atoms with van der Waals surface area (Å²) >= 11 is 1.11. The number of nitro groups is 1.